The molecule has 3 aromatic carbocycles. The molecule has 0 radical (unpaired) electrons. The van der Waals surface area contributed by atoms with Gasteiger partial charge in [-0.3, -0.25) is 4.79 Å². The molecule has 32 heavy (non-hydrogen) atoms. The molecular weight excluding hydrogens is 423 g/mol. The van der Waals surface area contributed by atoms with Gasteiger partial charge in [-0.1, -0.05) is 91.0 Å². The third-order valence-corrected chi connectivity index (χ3v) is 9.41. The number of ether oxygens (including phenoxy) is 2. The van der Waals surface area contributed by atoms with Gasteiger partial charge in [0.15, 0.2) is 6.29 Å². The van der Waals surface area contributed by atoms with E-state index in [2.05, 4.69) is 0 Å². The number of carbonyl (C=O) groups excluding carboxylic acids is 2. The molecule has 0 fully saturated rings. The summed E-state index contributed by atoms with van der Waals surface area (Å²) in [5.41, 5.74) is 0. The van der Waals surface area contributed by atoms with Crippen molar-refractivity contribution in [1.29, 1.82) is 0 Å². The number of hydrogen-bond acceptors (Lipinski definition) is 5. The van der Waals surface area contributed by atoms with E-state index in [1.807, 2.05) is 91.0 Å². The smallest absolute Gasteiger partial charge is 0.379 e. The van der Waals surface area contributed by atoms with E-state index in [4.69, 9.17) is 9.47 Å². The first-order valence-corrected chi connectivity index (χ1v) is 12.3. The van der Waals surface area contributed by atoms with Crippen LogP contribution in [0, 0.1) is 0 Å². The number of hydrogen-bond donors (Lipinski definition) is 1. The van der Waals surface area contributed by atoms with E-state index < -0.39 is 24.9 Å². The Bertz CT molecular complexity index is 991. The molecule has 6 heteroatoms. The van der Waals surface area contributed by atoms with Crippen LogP contribution in [-0.2, 0) is 19.1 Å². The number of carbonyl (C=O) groups is 2. The summed E-state index contributed by atoms with van der Waals surface area (Å²) in [5, 5.41) is 13.6. The summed E-state index contributed by atoms with van der Waals surface area (Å²) in [5.74, 6) is -1.88. The molecule has 3 aromatic rings. The predicted octanol–water partition coefficient (Wildman–Crippen LogP) is 2.64. The molecule has 0 spiro atoms. The third kappa shape index (κ3) is 4.61. The molecule has 1 atom stereocenters. The van der Waals surface area contributed by atoms with Gasteiger partial charge in [0.25, 0.3) is 5.78 Å². The summed E-state index contributed by atoms with van der Waals surface area (Å²) < 4.78 is 10.6. The molecule has 0 heterocycles. The van der Waals surface area contributed by atoms with Crippen LogP contribution >= 0.6 is 6.89 Å². The lowest BCUT2D eigenvalue weighted by Gasteiger charge is -2.33. The Balaban J connectivity index is 2.59. The average molecular weight is 450 g/mol. The second kappa shape index (κ2) is 11.1. The van der Waals surface area contributed by atoms with Crippen molar-refractivity contribution in [2.75, 3.05) is 13.2 Å². The Morgan fingerprint density at radius 3 is 1.50 bits per heavy atom. The summed E-state index contributed by atoms with van der Waals surface area (Å²) >= 11 is 0. The Hall–Kier alpha value is -2.98. The number of Topliss-reactive ketones (excluding diaryl/α,β-unsaturated/α-hetero) is 1. The number of rotatable bonds is 9. The molecule has 0 amide bonds. The number of ketones is 1. The van der Waals surface area contributed by atoms with E-state index in [1.165, 1.54) is 0 Å². The highest BCUT2D eigenvalue weighted by molar-refractivity contribution is 7.96. The van der Waals surface area contributed by atoms with Gasteiger partial charge in [-0.05, 0) is 36.6 Å². The van der Waals surface area contributed by atoms with Gasteiger partial charge >= 0.3 is 5.97 Å². The summed E-state index contributed by atoms with van der Waals surface area (Å²) in [6.45, 7) is 0.588. The minimum atomic E-state index is -2.99. The molecule has 166 valence electrons. The maximum atomic E-state index is 13.6. The van der Waals surface area contributed by atoms with Crippen LogP contribution in [0.5, 0.6) is 0 Å². The predicted molar refractivity (Wildman–Crippen MR) is 129 cm³/mol. The van der Waals surface area contributed by atoms with Crippen LogP contribution in [0.2, 0.25) is 0 Å². The van der Waals surface area contributed by atoms with Crippen LogP contribution in [0.25, 0.3) is 0 Å². The molecule has 0 aromatic heterocycles. The van der Waals surface area contributed by atoms with Crippen molar-refractivity contribution < 1.29 is 24.2 Å². The lowest BCUT2D eigenvalue weighted by molar-refractivity contribution is -0.151. The van der Waals surface area contributed by atoms with E-state index in [9.17, 15) is 14.7 Å². The lowest BCUT2D eigenvalue weighted by Crippen LogP contribution is -2.43. The summed E-state index contributed by atoms with van der Waals surface area (Å²) in [6.07, 6.45) is -1.58. The summed E-state index contributed by atoms with van der Waals surface area (Å²) in [7, 11) is 0. The quantitative estimate of drug-likeness (QED) is 0.235. The van der Waals surface area contributed by atoms with E-state index >= 15 is 0 Å². The molecule has 5 nitrogen and oxygen atoms in total. The minimum absolute atomic E-state index is 0.00130. The monoisotopic (exact) mass is 450 g/mol. The first kappa shape index (κ1) is 23.7. The van der Waals surface area contributed by atoms with Crippen LogP contribution in [0.3, 0.4) is 0 Å². The van der Waals surface area contributed by atoms with E-state index in [0.717, 1.165) is 15.9 Å². The normalized spacial score (nSPS) is 12.1. The molecule has 1 unspecified atom stereocenters. The van der Waals surface area contributed by atoms with Crippen molar-refractivity contribution in [2.45, 2.75) is 20.1 Å². The van der Waals surface area contributed by atoms with Crippen LogP contribution in [-0.4, -0.2) is 41.7 Å². The Morgan fingerprint density at radius 2 is 1.16 bits per heavy atom. The molecule has 0 aliphatic carbocycles. The summed E-state index contributed by atoms with van der Waals surface area (Å²) in [4.78, 5) is 26.3. The van der Waals surface area contributed by atoms with Crippen LogP contribution in [0.1, 0.15) is 13.8 Å². The fourth-order valence-corrected chi connectivity index (χ4v) is 8.18. The number of aliphatic hydroxyl groups excluding tert-OH is 1. The van der Waals surface area contributed by atoms with E-state index in [-0.39, 0.29) is 18.5 Å². The van der Waals surface area contributed by atoms with E-state index in [0.29, 0.717) is 0 Å². The van der Waals surface area contributed by atoms with Crippen LogP contribution < -0.4 is 15.9 Å². The number of aliphatic hydroxyl groups is 1. The first-order valence-electron chi connectivity index (χ1n) is 10.5. The van der Waals surface area contributed by atoms with Crippen LogP contribution in [0.15, 0.2) is 91.0 Å². The summed E-state index contributed by atoms with van der Waals surface area (Å²) in [6, 6.07) is 28.5. The number of esters is 1. The zero-order valence-corrected chi connectivity index (χ0v) is 19.1. The van der Waals surface area contributed by atoms with Gasteiger partial charge in [0, 0.05) is 6.61 Å². The molecule has 1 N–H and O–H groups in total. The highest BCUT2D eigenvalue weighted by Gasteiger charge is 2.39. The van der Waals surface area contributed by atoms with Gasteiger partial charge in [0.05, 0.1) is 11.9 Å². The van der Waals surface area contributed by atoms with Crippen molar-refractivity contribution >= 4 is 39.8 Å². The zero-order valence-electron chi connectivity index (χ0n) is 18.2. The fraction of sp³-hybridized carbons (Fsp3) is 0.192. The third-order valence-electron chi connectivity index (χ3n) is 5.04. The van der Waals surface area contributed by atoms with Gasteiger partial charge in [-0.2, -0.15) is 0 Å². The van der Waals surface area contributed by atoms with Crippen molar-refractivity contribution in [2.24, 2.45) is 0 Å². The topological polar surface area (TPSA) is 72.8 Å². The molecule has 0 saturated heterocycles. The van der Waals surface area contributed by atoms with Crippen molar-refractivity contribution in [1.82, 2.24) is 0 Å². The zero-order chi connectivity index (χ0) is 23.0. The standard InChI is InChI=1S/C26H27O5P/c1-3-30-25(28)23(27)24(26(29)31-4-2)32(20-14-8-5-9-15-20,21-16-10-6-11-17-21)22-18-12-7-13-19-22/h5-19,26,29H,3-4H2,1-2H3. The largest absolute Gasteiger partial charge is 0.460 e. The molecule has 0 saturated carbocycles. The molecule has 3 rings (SSSR count). The minimum Gasteiger partial charge on any atom is -0.460 e. The highest BCUT2D eigenvalue weighted by Crippen LogP contribution is 2.47. The molecular formula is C26H27O5P. The van der Waals surface area contributed by atoms with Gasteiger partial charge in [0.2, 0.25) is 0 Å². The lowest BCUT2D eigenvalue weighted by atomic mass is 10.3. The van der Waals surface area contributed by atoms with E-state index in [1.54, 1.807) is 13.8 Å². The Morgan fingerprint density at radius 1 is 0.750 bits per heavy atom. The van der Waals surface area contributed by atoms with Crippen LogP contribution in [0.4, 0.5) is 0 Å². The van der Waals surface area contributed by atoms with Gasteiger partial charge in [-0.15, -0.1) is 0 Å². The maximum absolute atomic E-state index is 13.6. The SMILES string of the molecule is CCOC(=O)C(=O)C(C(O)OCC)=P(c1ccccc1)(c1ccccc1)c1ccccc1. The van der Waals surface area contributed by atoms with Crippen molar-refractivity contribution in [3.8, 4) is 0 Å². The highest BCUT2D eigenvalue weighted by atomic mass is 31.2. The van der Waals surface area contributed by atoms with Gasteiger partial charge in [-0.25, -0.2) is 4.79 Å². The second-order valence-electron chi connectivity index (χ2n) is 6.92. The van der Waals surface area contributed by atoms with Gasteiger partial charge < -0.3 is 14.6 Å². The Kier molecular flexibility index (Phi) is 8.18. The molecule has 0 bridgehead atoms. The fourth-order valence-electron chi connectivity index (χ4n) is 3.79. The molecule has 0 aliphatic rings. The van der Waals surface area contributed by atoms with Crippen molar-refractivity contribution in [3.63, 3.8) is 0 Å². The Labute approximate surface area is 188 Å². The number of benzene rings is 3. The maximum Gasteiger partial charge on any atom is 0.379 e. The first-order chi connectivity index (χ1) is 15.6. The van der Waals surface area contributed by atoms with Crippen molar-refractivity contribution in [3.05, 3.63) is 91.0 Å². The van der Waals surface area contributed by atoms with Gasteiger partial charge in [0.1, 0.15) is 0 Å². The second-order valence-corrected chi connectivity index (χ2v) is 10.3. The average Bonchev–Trinajstić information content (AvgIpc) is 2.84. The molecule has 0 aliphatic heterocycles.